The highest BCUT2D eigenvalue weighted by molar-refractivity contribution is 5.14. The van der Waals surface area contributed by atoms with Crippen LogP contribution in [-0.4, -0.2) is 33.4 Å². The van der Waals surface area contributed by atoms with Crippen LogP contribution in [0, 0.1) is 6.92 Å². The van der Waals surface area contributed by atoms with Gasteiger partial charge in [0.25, 0.3) is 5.56 Å². The maximum Gasteiger partial charge on any atom is 0.330 e. The van der Waals surface area contributed by atoms with E-state index in [1.807, 2.05) is 30.3 Å². The minimum Gasteiger partial charge on any atom is -0.390 e. The lowest BCUT2D eigenvalue weighted by atomic mass is 10.1. The highest BCUT2D eigenvalue weighted by atomic mass is 16.5. The molecule has 1 saturated heterocycles. The van der Waals surface area contributed by atoms with Gasteiger partial charge >= 0.3 is 5.69 Å². The SMILES string of the molecule is Cc1cn([C@H]2C[C@H](O)[C@@H](CNCc3ccccc3)O2)c(=O)[nH]c1=O. The summed E-state index contributed by atoms with van der Waals surface area (Å²) in [4.78, 5) is 25.6. The predicted molar refractivity (Wildman–Crippen MR) is 88.7 cm³/mol. The number of hydrogen-bond donors (Lipinski definition) is 3. The molecule has 128 valence electrons. The van der Waals surface area contributed by atoms with E-state index in [-0.39, 0.29) is 0 Å². The molecule has 7 heteroatoms. The van der Waals surface area contributed by atoms with E-state index in [9.17, 15) is 14.7 Å². The summed E-state index contributed by atoms with van der Waals surface area (Å²) in [7, 11) is 0. The van der Waals surface area contributed by atoms with Gasteiger partial charge in [0.1, 0.15) is 6.23 Å². The number of aromatic nitrogens is 2. The van der Waals surface area contributed by atoms with Crippen molar-refractivity contribution in [2.45, 2.75) is 38.3 Å². The Hall–Kier alpha value is -2.22. The lowest BCUT2D eigenvalue weighted by Crippen LogP contribution is -2.35. The number of aliphatic hydroxyl groups is 1. The molecule has 3 N–H and O–H groups in total. The van der Waals surface area contributed by atoms with Crippen LogP contribution in [0.1, 0.15) is 23.8 Å². The summed E-state index contributed by atoms with van der Waals surface area (Å²) in [5.41, 5.74) is 0.643. The monoisotopic (exact) mass is 331 g/mol. The number of nitrogens with one attached hydrogen (secondary N) is 2. The van der Waals surface area contributed by atoms with Gasteiger partial charge in [0.05, 0.1) is 12.2 Å². The summed E-state index contributed by atoms with van der Waals surface area (Å²) in [6, 6.07) is 9.94. The molecule has 2 aromatic rings. The maximum absolute atomic E-state index is 11.9. The van der Waals surface area contributed by atoms with Crippen molar-refractivity contribution in [3.8, 4) is 0 Å². The first-order chi connectivity index (χ1) is 11.5. The average Bonchev–Trinajstić information content (AvgIpc) is 2.93. The number of ether oxygens (including phenoxy) is 1. The Morgan fingerprint density at radius 2 is 2.08 bits per heavy atom. The molecule has 1 aliphatic rings. The van der Waals surface area contributed by atoms with Gasteiger partial charge in [-0.2, -0.15) is 0 Å². The van der Waals surface area contributed by atoms with Gasteiger partial charge in [0, 0.05) is 31.3 Å². The normalized spacial score (nSPS) is 23.5. The quantitative estimate of drug-likeness (QED) is 0.731. The van der Waals surface area contributed by atoms with E-state index in [0.29, 0.717) is 25.1 Å². The fourth-order valence-corrected chi connectivity index (χ4v) is 2.82. The zero-order valence-electron chi connectivity index (χ0n) is 13.4. The van der Waals surface area contributed by atoms with Gasteiger partial charge in [0.15, 0.2) is 0 Å². The molecule has 0 aliphatic carbocycles. The zero-order chi connectivity index (χ0) is 17.1. The molecule has 24 heavy (non-hydrogen) atoms. The van der Waals surface area contributed by atoms with Crippen molar-refractivity contribution >= 4 is 0 Å². The predicted octanol–water partition coefficient (Wildman–Crippen LogP) is 0.283. The Labute approximate surface area is 138 Å². The van der Waals surface area contributed by atoms with Gasteiger partial charge < -0.3 is 15.2 Å². The third-order valence-corrected chi connectivity index (χ3v) is 4.18. The third-order valence-electron chi connectivity index (χ3n) is 4.18. The second-order valence-corrected chi connectivity index (χ2v) is 6.03. The molecule has 0 spiro atoms. The van der Waals surface area contributed by atoms with Gasteiger partial charge in [0.2, 0.25) is 0 Å². The van der Waals surface area contributed by atoms with Crippen molar-refractivity contribution < 1.29 is 9.84 Å². The second-order valence-electron chi connectivity index (χ2n) is 6.03. The molecule has 0 bridgehead atoms. The molecule has 2 heterocycles. The van der Waals surface area contributed by atoms with Gasteiger partial charge in [-0.3, -0.25) is 14.3 Å². The van der Waals surface area contributed by atoms with Gasteiger partial charge in [-0.05, 0) is 12.5 Å². The molecule has 1 aromatic carbocycles. The van der Waals surface area contributed by atoms with Crippen molar-refractivity contribution in [1.29, 1.82) is 0 Å². The van der Waals surface area contributed by atoms with Crippen LogP contribution >= 0.6 is 0 Å². The summed E-state index contributed by atoms with van der Waals surface area (Å²) in [6.07, 6.45) is 0.128. The van der Waals surface area contributed by atoms with Gasteiger partial charge in [-0.25, -0.2) is 4.79 Å². The highest BCUT2D eigenvalue weighted by Gasteiger charge is 2.35. The lowest BCUT2D eigenvalue weighted by molar-refractivity contribution is -0.0194. The van der Waals surface area contributed by atoms with Crippen molar-refractivity contribution in [3.05, 3.63) is 68.5 Å². The van der Waals surface area contributed by atoms with Crippen LogP contribution < -0.4 is 16.6 Å². The number of aryl methyl sites for hydroxylation is 1. The summed E-state index contributed by atoms with van der Waals surface area (Å²) in [5, 5.41) is 13.4. The topological polar surface area (TPSA) is 96.3 Å². The van der Waals surface area contributed by atoms with Crippen LogP contribution in [0.2, 0.25) is 0 Å². The van der Waals surface area contributed by atoms with Crippen LogP contribution in [0.3, 0.4) is 0 Å². The second kappa shape index (κ2) is 7.12. The average molecular weight is 331 g/mol. The Kier molecular flexibility index (Phi) is 4.94. The van der Waals surface area contributed by atoms with Crippen LogP contribution in [0.15, 0.2) is 46.1 Å². The van der Waals surface area contributed by atoms with E-state index in [0.717, 1.165) is 5.56 Å². The fraction of sp³-hybridized carbons (Fsp3) is 0.412. The maximum atomic E-state index is 11.9. The number of nitrogens with zero attached hydrogens (tertiary/aromatic N) is 1. The summed E-state index contributed by atoms with van der Waals surface area (Å²) in [5.74, 6) is 0. The van der Waals surface area contributed by atoms with E-state index in [1.54, 1.807) is 6.92 Å². The minimum atomic E-state index is -0.669. The highest BCUT2D eigenvalue weighted by Crippen LogP contribution is 2.27. The molecule has 0 radical (unpaired) electrons. The van der Waals surface area contributed by atoms with Crippen LogP contribution in [0.4, 0.5) is 0 Å². The molecule has 3 atom stereocenters. The Bertz CT molecular complexity index is 799. The number of H-pyrrole nitrogens is 1. The molecular formula is C17H21N3O4. The number of rotatable bonds is 5. The molecule has 3 rings (SSSR count). The number of benzene rings is 1. The molecular weight excluding hydrogens is 310 g/mol. The largest absolute Gasteiger partial charge is 0.390 e. The van der Waals surface area contributed by atoms with Crippen LogP contribution in [0.5, 0.6) is 0 Å². The molecule has 0 amide bonds. The molecule has 0 unspecified atom stereocenters. The number of aliphatic hydroxyl groups excluding tert-OH is 1. The third kappa shape index (κ3) is 3.64. The van der Waals surface area contributed by atoms with Crippen molar-refractivity contribution in [1.82, 2.24) is 14.9 Å². The Morgan fingerprint density at radius 1 is 1.33 bits per heavy atom. The van der Waals surface area contributed by atoms with Crippen molar-refractivity contribution in [3.63, 3.8) is 0 Å². The fourth-order valence-electron chi connectivity index (χ4n) is 2.82. The molecule has 1 aromatic heterocycles. The van der Waals surface area contributed by atoms with Crippen LogP contribution in [-0.2, 0) is 11.3 Å². The number of hydrogen-bond acceptors (Lipinski definition) is 5. The number of aromatic amines is 1. The first-order valence-corrected chi connectivity index (χ1v) is 7.95. The van der Waals surface area contributed by atoms with E-state index in [1.165, 1.54) is 10.8 Å². The van der Waals surface area contributed by atoms with E-state index in [4.69, 9.17) is 4.74 Å². The summed E-state index contributed by atoms with van der Waals surface area (Å²) in [6.45, 7) is 2.78. The van der Waals surface area contributed by atoms with Crippen LogP contribution in [0.25, 0.3) is 0 Å². The summed E-state index contributed by atoms with van der Waals surface area (Å²) < 4.78 is 7.13. The van der Waals surface area contributed by atoms with Crippen molar-refractivity contribution in [2.24, 2.45) is 0 Å². The standard InChI is InChI=1S/C17H21N3O4/c1-11-10-20(17(23)19-16(11)22)15-7-13(21)14(24-15)9-18-8-12-5-3-2-4-6-12/h2-6,10,13-15,18,21H,7-9H2,1H3,(H,19,22,23)/t13-,14+,15+/m0/s1. The van der Waals surface area contributed by atoms with Gasteiger partial charge in [-0.15, -0.1) is 0 Å². The zero-order valence-corrected chi connectivity index (χ0v) is 13.4. The van der Waals surface area contributed by atoms with Crippen molar-refractivity contribution in [2.75, 3.05) is 6.54 Å². The minimum absolute atomic E-state index is 0.309. The first-order valence-electron chi connectivity index (χ1n) is 7.95. The Balaban J connectivity index is 1.61. The first kappa shape index (κ1) is 16.6. The van der Waals surface area contributed by atoms with E-state index >= 15 is 0 Å². The van der Waals surface area contributed by atoms with Gasteiger partial charge in [-0.1, -0.05) is 30.3 Å². The molecule has 1 fully saturated rings. The summed E-state index contributed by atoms with van der Waals surface area (Å²) >= 11 is 0. The molecule has 1 aliphatic heterocycles. The smallest absolute Gasteiger partial charge is 0.330 e. The molecule has 7 nitrogen and oxygen atoms in total. The van der Waals surface area contributed by atoms with E-state index < -0.39 is 29.7 Å². The Morgan fingerprint density at radius 3 is 2.83 bits per heavy atom. The lowest BCUT2D eigenvalue weighted by Gasteiger charge is -2.17. The molecule has 0 saturated carbocycles. The van der Waals surface area contributed by atoms with E-state index in [2.05, 4.69) is 10.3 Å².